The summed E-state index contributed by atoms with van der Waals surface area (Å²) in [4.78, 5) is 74.4. The van der Waals surface area contributed by atoms with Crippen LogP contribution in [0.15, 0.2) is 48.8 Å². The number of aromatic nitrogens is 2. The van der Waals surface area contributed by atoms with Crippen LogP contribution in [0.25, 0.3) is 4.85 Å². The van der Waals surface area contributed by atoms with Gasteiger partial charge in [-0.25, -0.2) is 4.85 Å². The molecular formula is C37H36F3N9O5. The molecule has 0 aliphatic carbocycles. The van der Waals surface area contributed by atoms with E-state index in [9.17, 15) is 37.1 Å². The summed E-state index contributed by atoms with van der Waals surface area (Å²) in [5, 5.41) is 9.21. The van der Waals surface area contributed by atoms with E-state index in [1.54, 1.807) is 38.4 Å². The number of carbonyl (C=O) groups is 5. The van der Waals surface area contributed by atoms with Gasteiger partial charge in [-0.15, -0.1) is 0 Å². The minimum atomic E-state index is -4.74. The van der Waals surface area contributed by atoms with Crippen molar-refractivity contribution < 1.29 is 37.1 Å². The lowest BCUT2D eigenvalue weighted by Crippen LogP contribution is -2.59. The number of nitrogens with zero attached hydrogens (tertiary/aromatic N) is 7. The van der Waals surface area contributed by atoms with Gasteiger partial charge in [0, 0.05) is 69.3 Å². The topological polar surface area (TPSA) is 145 Å². The highest BCUT2D eigenvalue weighted by Gasteiger charge is 2.47. The Kier molecular flexibility index (Phi) is 8.29. The van der Waals surface area contributed by atoms with Crippen LogP contribution in [-0.2, 0) is 26.1 Å². The van der Waals surface area contributed by atoms with Crippen LogP contribution in [0.4, 0.5) is 35.9 Å². The van der Waals surface area contributed by atoms with Crippen molar-refractivity contribution in [3.63, 3.8) is 0 Å². The van der Waals surface area contributed by atoms with E-state index in [1.807, 2.05) is 6.07 Å². The number of likely N-dealkylation sites (tertiary alicyclic amines) is 1. The molecule has 14 nitrogen and oxygen atoms in total. The first-order valence-electron chi connectivity index (χ1n) is 17.7. The third-order valence-corrected chi connectivity index (χ3v) is 11.4. The molecule has 280 valence electrons. The summed E-state index contributed by atoms with van der Waals surface area (Å²) >= 11 is 0. The molecule has 0 bridgehead atoms. The monoisotopic (exact) mass is 743 g/mol. The molecule has 0 radical (unpaired) electrons. The third kappa shape index (κ3) is 5.94. The van der Waals surface area contributed by atoms with Crippen LogP contribution in [0.3, 0.4) is 0 Å². The van der Waals surface area contributed by atoms with Gasteiger partial charge in [0.25, 0.3) is 17.7 Å². The Balaban J connectivity index is 0.848. The fourth-order valence-corrected chi connectivity index (χ4v) is 8.20. The third-order valence-electron chi connectivity index (χ3n) is 11.4. The molecule has 1 aromatic heterocycles. The van der Waals surface area contributed by atoms with Crippen molar-refractivity contribution in [2.24, 2.45) is 11.8 Å². The van der Waals surface area contributed by atoms with Gasteiger partial charge < -0.3 is 15.1 Å². The highest BCUT2D eigenvalue weighted by Crippen LogP contribution is 2.40. The van der Waals surface area contributed by atoms with Gasteiger partial charge >= 0.3 is 6.18 Å². The Hall–Kier alpha value is -5.76. The number of hydrogen-bond donors (Lipinski definition) is 2. The number of benzene rings is 2. The molecule has 5 aliphatic rings. The first kappa shape index (κ1) is 35.3. The number of imide groups is 2. The fourth-order valence-electron chi connectivity index (χ4n) is 8.20. The van der Waals surface area contributed by atoms with Crippen molar-refractivity contribution >= 4 is 52.3 Å². The van der Waals surface area contributed by atoms with Crippen molar-refractivity contribution in [2.45, 2.75) is 50.5 Å². The highest BCUT2D eigenvalue weighted by molar-refractivity contribution is 6.23. The van der Waals surface area contributed by atoms with Gasteiger partial charge in [0.05, 0.1) is 35.1 Å². The molecule has 3 unspecified atom stereocenters. The number of halogens is 3. The van der Waals surface area contributed by atoms with E-state index in [4.69, 9.17) is 6.57 Å². The van der Waals surface area contributed by atoms with E-state index in [0.717, 1.165) is 67.7 Å². The van der Waals surface area contributed by atoms with Crippen LogP contribution in [0.5, 0.6) is 0 Å². The molecule has 5 amide bonds. The number of fused-ring (bicyclic) bond motifs is 2. The van der Waals surface area contributed by atoms with Gasteiger partial charge in [0.15, 0.2) is 5.69 Å². The molecule has 2 N–H and O–H groups in total. The maximum atomic E-state index is 13.5. The summed E-state index contributed by atoms with van der Waals surface area (Å²) in [6.45, 7) is 15.3. The number of hydrogen-bond acceptors (Lipinski definition) is 9. The molecule has 3 aromatic rings. The number of rotatable bonds is 7. The van der Waals surface area contributed by atoms with E-state index in [1.165, 1.54) is 10.7 Å². The molecule has 4 saturated heterocycles. The van der Waals surface area contributed by atoms with Crippen molar-refractivity contribution in [3.05, 3.63) is 76.9 Å². The number of piperidine rings is 1. The van der Waals surface area contributed by atoms with Crippen LogP contribution in [0.1, 0.15) is 53.0 Å². The Bertz CT molecular complexity index is 2140. The Labute approximate surface area is 307 Å². The average molecular weight is 744 g/mol. The summed E-state index contributed by atoms with van der Waals surface area (Å²) in [5.74, 6) is -1.79. The predicted octanol–water partition coefficient (Wildman–Crippen LogP) is 3.48. The molecule has 5 aliphatic heterocycles. The quantitative estimate of drug-likeness (QED) is 0.275. The smallest absolute Gasteiger partial charge is 0.368 e. The van der Waals surface area contributed by atoms with E-state index in [0.29, 0.717) is 17.9 Å². The SMILES string of the molecule is [C-]#[N+]c1ccc(NC(=O)C(C)(C)n2cc(N3CC4CN(C5CN(c6ccc7c(c6)C(=O)N(C6CCC(=O)NC6=O)C7=O)C5)CC4C3)cn2)cc1C(F)(F)F. The summed E-state index contributed by atoms with van der Waals surface area (Å²) in [5.41, 5.74) is -0.740. The van der Waals surface area contributed by atoms with Crippen molar-refractivity contribution in [1.29, 1.82) is 0 Å². The molecule has 0 spiro atoms. The Morgan fingerprint density at radius 2 is 1.59 bits per heavy atom. The molecule has 8 rings (SSSR count). The fraction of sp³-hybridized carbons (Fsp3) is 0.432. The molecule has 6 heterocycles. The number of amides is 5. The van der Waals surface area contributed by atoms with Crippen LogP contribution in [0, 0.1) is 18.4 Å². The predicted molar refractivity (Wildman–Crippen MR) is 188 cm³/mol. The average Bonchev–Trinajstić information content (AvgIpc) is 3.88. The lowest BCUT2D eigenvalue weighted by atomic mass is 10.0. The van der Waals surface area contributed by atoms with Gasteiger partial charge in [0.1, 0.15) is 11.6 Å². The van der Waals surface area contributed by atoms with E-state index in [2.05, 4.69) is 35.3 Å². The van der Waals surface area contributed by atoms with Gasteiger partial charge in [-0.05, 0) is 62.4 Å². The van der Waals surface area contributed by atoms with E-state index < -0.39 is 58.5 Å². The maximum absolute atomic E-state index is 13.5. The lowest BCUT2D eigenvalue weighted by Gasteiger charge is -2.46. The number of anilines is 3. The maximum Gasteiger partial charge on any atom is 0.407 e. The summed E-state index contributed by atoms with van der Waals surface area (Å²) in [6.07, 6.45) is -1.09. The number of nitrogens with one attached hydrogen (secondary N) is 2. The Morgan fingerprint density at radius 1 is 0.907 bits per heavy atom. The first-order valence-corrected chi connectivity index (χ1v) is 17.7. The van der Waals surface area contributed by atoms with Crippen LogP contribution in [0.2, 0.25) is 0 Å². The summed E-state index contributed by atoms with van der Waals surface area (Å²) in [7, 11) is 0. The minimum absolute atomic E-state index is 0.0646. The van der Waals surface area contributed by atoms with Crippen LogP contribution in [-0.4, -0.2) is 100 Å². The van der Waals surface area contributed by atoms with E-state index in [-0.39, 0.29) is 29.7 Å². The number of alkyl halides is 3. The minimum Gasteiger partial charge on any atom is -0.368 e. The standard InChI is InChI=1S/C37H36F3N9O5/c1-36(2,35(54)43-22-4-7-29(41-3)28(10-22)37(38,39)40)48-19-24(12-42-48)45-13-20-15-46(16-21(20)14-45)25-17-47(18-25)23-5-6-26-27(11-23)34(53)49(33(26)52)30-8-9-31(50)44-32(30)51/h4-7,10-12,19-21,25,30H,8-9,13-18H2,1-2H3,(H,43,54)(H,44,50,51). The largest absolute Gasteiger partial charge is 0.407 e. The van der Waals surface area contributed by atoms with Gasteiger partial charge in [0.2, 0.25) is 11.8 Å². The molecule has 2 aromatic carbocycles. The zero-order valence-electron chi connectivity index (χ0n) is 29.4. The second kappa shape index (κ2) is 12.7. The molecular weight excluding hydrogens is 707 g/mol. The molecule has 4 fully saturated rings. The highest BCUT2D eigenvalue weighted by atomic mass is 19.4. The van der Waals surface area contributed by atoms with Crippen LogP contribution < -0.4 is 20.4 Å². The molecule has 17 heteroatoms. The van der Waals surface area contributed by atoms with Gasteiger partial charge in [-0.2, -0.15) is 18.3 Å². The van der Waals surface area contributed by atoms with Crippen LogP contribution >= 0.6 is 0 Å². The van der Waals surface area contributed by atoms with Crippen molar-refractivity contribution in [2.75, 3.05) is 54.4 Å². The van der Waals surface area contributed by atoms with Gasteiger partial charge in [-0.3, -0.25) is 43.8 Å². The zero-order chi connectivity index (χ0) is 38.3. The second-order valence-corrected chi connectivity index (χ2v) is 15.1. The van der Waals surface area contributed by atoms with Crippen molar-refractivity contribution in [3.8, 4) is 0 Å². The van der Waals surface area contributed by atoms with Gasteiger partial charge in [-0.1, -0.05) is 6.07 Å². The molecule has 0 saturated carbocycles. The molecule has 3 atom stereocenters. The first-order chi connectivity index (χ1) is 25.6. The molecule has 54 heavy (non-hydrogen) atoms. The zero-order valence-corrected chi connectivity index (χ0v) is 29.4. The van der Waals surface area contributed by atoms with Crippen molar-refractivity contribution in [1.82, 2.24) is 24.9 Å². The summed E-state index contributed by atoms with van der Waals surface area (Å²) < 4.78 is 41.9. The lowest BCUT2D eigenvalue weighted by molar-refractivity contribution is -0.137. The summed E-state index contributed by atoms with van der Waals surface area (Å²) in [6, 6.07) is 7.59. The Morgan fingerprint density at radius 3 is 2.26 bits per heavy atom. The second-order valence-electron chi connectivity index (χ2n) is 15.1. The normalized spacial score (nSPS) is 23.3. The van der Waals surface area contributed by atoms with E-state index >= 15 is 0 Å². The number of carbonyl (C=O) groups excluding carboxylic acids is 5.